The van der Waals surface area contributed by atoms with Gasteiger partial charge in [-0.2, -0.15) is 8.42 Å². The Hall–Kier alpha value is -0.990. The molecule has 40 heavy (non-hydrogen) atoms. The first kappa shape index (κ1) is 31.9. The zero-order chi connectivity index (χ0) is 29.3. The van der Waals surface area contributed by atoms with Crippen LogP contribution in [0.15, 0.2) is 0 Å². The lowest BCUT2D eigenvalue weighted by atomic mass is 9.44. The molecule has 0 bridgehead atoms. The van der Waals surface area contributed by atoms with E-state index in [1.807, 2.05) is 14.1 Å². The van der Waals surface area contributed by atoms with Crippen LogP contribution in [0.25, 0.3) is 0 Å². The molecule has 0 aromatic rings. The number of Topliss-reactive ketones (excluding diaryl/α,β-unsaturated/α-hetero) is 1. The highest BCUT2D eigenvalue weighted by Gasteiger charge is 2.60. The maximum absolute atomic E-state index is 12.7. The Morgan fingerprint density at radius 1 is 0.975 bits per heavy atom. The largest absolute Gasteiger partial charge is 0.356 e. The quantitative estimate of drug-likeness (QED) is 0.180. The number of amides is 1. The zero-order valence-electron chi connectivity index (χ0n) is 25.9. The third-order valence-corrected chi connectivity index (χ3v) is 13.1. The van der Waals surface area contributed by atoms with Gasteiger partial charge in [-0.05, 0) is 104 Å². The fraction of sp³-hybridized carbons (Fsp3) is 0.938. The van der Waals surface area contributed by atoms with Crippen molar-refractivity contribution in [2.75, 3.05) is 39.5 Å². The number of nitrogens with zero attached hydrogens (tertiary/aromatic N) is 1. The average Bonchev–Trinajstić information content (AvgIpc) is 3.20. The second-order valence-electron chi connectivity index (χ2n) is 15.4. The molecule has 4 aliphatic carbocycles. The van der Waals surface area contributed by atoms with Gasteiger partial charge < -0.3 is 9.80 Å². The Balaban J connectivity index is 1.20. The second kappa shape index (κ2) is 12.3. The van der Waals surface area contributed by atoms with Crippen LogP contribution in [-0.2, 0) is 19.7 Å². The minimum absolute atomic E-state index is 0.0355. The first-order chi connectivity index (χ1) is 18.6. The molecular formula is C32H57N2O5S+. The van der Waals surface area contributed by atoms with Crippen molar-refractivity contribution in [3.05, 3.63) is 0 Å². The maximum Gasteiger partial charge on any atom is 0.272 e. The molecule has 0 heterocycles. The van der Waals surface area contributed by atoms with E-state index in [0.29, 0.717) is 47.2 Å². The number of hydrogen-bond acceptors (Lipinski definition) is 4. The molecule has 4 saturated carbocycles. The summed E-state index contributed by atoms with van der Waals surface area (Å²) in [5.74, 6) is 3.75. The van der Waals surface area contributed by atoms with Crippen LogP contribution in [0, 0.1) is 46.3 Å². The number of likely N-dealkylation sites (N-methyl/N-ethyl adjacent to an activating group) is 1. The average molecular weight is 582 g/mol. The predicted molar refractivity (Wildman–Crippen MR) is 159 cm³/mol. The van der Waals surface area contributed by atoms with Crippen molar-refractivity contribution < 1.29 is 27.0 Å². The molecule has 2 N–H and O–H groups in total. The van der Waals surface area contributed by atoms with Gasteiger partial charge in [-0.1, -0.05) is 33.6 Å². The predicted octanol–water partition coefficient (Wildman–Crippen LogP) is 5.49. The summed E-state index contributed by atoms with van der Waals surface area (Å²) in [4.78, 5) is 24.6. The van der Waals surface area contributed by atoms with Gasteiger partial charge in [0.2, 0.25) is 11.7 Å². The number of carbonyl (C=O) groups excluding carboxylic acids is 2. The van der Waals surface area contributed by atoms with E-state index >= 15 is 0 Å². The molecule has 4 rings (SSSR count). The lowest BCUT2D eigenvalue weighted by Gasteiger charge is -2.61. The van der Waals surface area contributed by atoms with Gasteiger partial charge in [0.15, 0.2) is 0 Å². The lowest BCUT2D eigenvalue weighted by molar-refractivity contribution is -0.882. The monoisotopic (exact) mass is 581 g/mol. The van der Waals surface area contributed by atoms with E-state index in [-0.39, 0.29) is 12.5 Å². The fourth-order valence-electron chi connectivity index (χ4n) is 10.5. The van der Waals surface area contributed by atoms with Crippen molar-refractivity contribution in [2.24, 2.45) is 46.3 Å². The number of carbonyl (C=O) groups is 2. The van der Waals surface area contributed by atoms with Gasteiger partial charge in [0.05, 0.1) is 20.6 Å². The molecule has 230 valence electrons. The lowest BCUT2D eigenvalue weighted by Crippen LogP contribution is -2.53. The van der Waals surface area contributed by atoms with Gasteiger partial charge in [-0.15, -0.1) is 0 Å². The topological polar surface area (TPSA) is 101 Å². The summed E-state index contributed by atoms with van der Waals surface area (Å²) in [6, 6.07) is 0. The van der Waals surface area contributed by atoms with E-state index in [1.165, 1.54) is 64.2 Å². The highest BCUT2D eigenvalue weighted by atomic mass is 32.2. The molecule has 8 atom stereocenters. The Bertz CT molecular complexity index is 1030. The minimum atomic E-state index is -4.29. The highest BCUT2D eigenvalue weighted by molar-refractivity contribution is 7.86. The summed E-state index contributed by atoms with van der Waals surface area (Å²) in [7, 11) is -0.578. The van der Waals surface area contributed by atoms with Crippen LogP contribution >= 0.6 is 0 Å². The number of ketones is 1. The summed E-state index contributed by atoms with van der Waals surface area (Å²) in [5, 5.41) is 3.06. The van der Waals surface area contributed by atoms with E-state index in [4.69, 9.17) is 4.55 Å². The summed E-state index contributed by atoms with van der Waals surface area (Å²) >= 11 is 0. The molecule has 7 nitrogen and oxygen atoms in total. The number of hydrogen-bond donors (Lipinski definition) is 2. The van der Waals surface area contributed by atoms with Gasteiger partial charge in [0.1, 0.15) is 12.3 Å². The molecule has 0 radical (unpaired) electrons. The molecule has 8 heteroatoms. The standard InChI is InChI=1S/C32H56N2O5S/c1-23(10-15-30(36)33-19-8-20-34(4,5)21-25(35)22-40(37,38)39)27-13-14-28-26-12-11-24-9-6-7-17-31(24,2)29(26)16-18-32(27,28)3/h23-24,26-29H,6-22H2,1-5H3,(H-,33,36,37,38,39)/p+1/t23-,24?,26?,27-,28?,29?,31+,32-/m1/s1. The minimum Gasteiger partial charge on any atom is -0.356 e. The van der Waals surface area contributed by atoms with E-state index in [1.54, 1.807) is 0 Å². The van der Waals surface area contributed by atoms with Crippen molar-refractivity contribution in [3.63, 3.8) is 0 Å². The highest BCUT2D eigenvalue weighted by Crippen LogP contribution is 2.68. The number of fused-ring (bicyclic) bond motifs is 5. The molecular weight excluding hydrogens is 524 g/mol. The zero-order valence-corrected chi connectivity index (χ0v) is 26.7. The summed E-state index contributed by atoms with van der Waals surface area (Å²) in [5.41, 5.74) is 1.03. The molecule has 0 aliphatic heterocycles. The first-order valence-corrected chi connectivity index (χ1v) is 17.8. The number of quaternary nitrogens is 1. The summed E-state index contributed by atoms with van der Waals surface area (Å²) in [6.45, 7) is 8.88. The number of nitrogens with one attached hydrogen (secondary N) is 1. The van der Waals surface area contributed by atoms with E-state index in [2.05, 4.69) is 26.1 Å². The van der Waals surface area contributed by atoms with Crippen LogP contribution < -0.4 is 5.32 Å². The normalized spacial score (nSPS) is 36.7. The third-order valence-electron chi connectivity index (χ3n) is 12.4. The van der Waals surface area contributed by atoms with Gasteiger partial charge in [-0.25, -0.2) is 0 Å². The van der Waals surface area contributed by atoms with Gasteiger partial charge in [0, 0.05) is 19.4 Å². The molecule has 4 aliphatic rings. The first-order valence-electron chi connectivity index (χ1n) is 16.2. The smallest absolute Gasteiger partial charge is 0.272 e. The van der Waals surface area contributed by atoms with Crippen LogP contribution in [0.5, 0.6) is 0 Å². The molecule has 0 saturated heterocycles. The van der Waals surface area contributed by atoms with Crippen molar-refractivity contribution in [2.45, 2.75) is 104 Å². The van der Waals surface area contributed by atoms with Crippen LogP contribution in [0.2, 0.25) is 0 Å². The van der Waals surface area contributed by atoms with Crippen molar-refractivity contribution in [3.8, 4) is 0 Å². The van der Waals surface area contributed by atoms with E-state index in [0.717, 1.165) is 36.0 Å². The van der Waals surface area contributed by atoms with E-state index in [9.17, 15) is 18.0 Å². The molecule has 0 aromatic heterocycles. The maximum atomic E-state index is 12.7. The van der Waals surface area contributed by atoms with Gasteiger partial charge >= 0.3 is 0 Å². The Morgan fingerprint density at radius 2 is 1.70 bits per heavy atom. The number of rotatable bonds is 12. The van der Waals surface area contributed by atoms with Crippen LogP contribution in [0.4, 0.5) is 0 Å². The Kier molecular flexibility index (Phi) is 9.84. The SMILES string of the molecule is C[C@H](CCC(=O)NCCC[N+](C)(C)CC(=O)CS(=O)(=O)O)[C@H]1CCC2C3CCC4CCCC[C@]4(C)C3CC[C@@]21C. The van der Waals surface area contributed by atoms with Crippen molar-refractivity contribution in [1.82, 2.24) is 5.32 Å². The van der Waals surface area contributed by atoms with Crippen LogP contribution in [-0.4, -0.2) is 68.6 Å². The third kappa shape index (κ3) is 7.14. The molecule has 4 unspecified atom stereocenters. The van der Waals surface area contributed by atoms with Crippen LogP contribution in [0.3, 0.4) is 0 Å². The molecule has 1 amide bonds. The Labute approximate surface area is 244 Å². The molecule has 0 spiro atoms. The Morgan fingerprint density at radius 3 is 2.42 bits per heavy atom. The van der Waals surface area contributed by atoms with Gasteiger partial charge in [-0.3, -0.25) is 14.1 Å². The van der Waals surface area contributed by atoms with Crippen molar-refractivity contribution >= 4 is 21.8 Å². The molecule has 0 aromatic carbocycles. The fourth-order valence-corrected chi connectivity index (χ4v) is 11.0. The van der Waals surface area contributed by atoms with Crippen molar-refractivity contribution in [1.29, 1.82) is 0 Å². The van der Waals surface area contributed by atoms with Crippen LogP contribution in [0.1, 0.15) is 104 Å². The molecule has 4 fully saturated rings. The van der Waals surface area contributed by atoms with Gasteiger partial charge in [0.25, 0.3) is 10.1 Å². The summed E-state index contributed by atoms with van der Waals surface area (Å²) < 4.78 is 31.1. The summed E-state index contributed by atoms with van der Waals surface area (Å²) in [6.07, 6.45) is 16.5. The second-order valence-corrected chi connectivity index (χ2v) is 16.9. The van der Waals surface area contributed by atoms with E-state index < -0.39 is 21.7 Å².